The fraction of sp³-hybridized carbons (Fsp3) is 0.316. The smallest absolute Gasteiger partial charge is 0.264 e. The summed E-state index contributed by atoms with van der Waals surface area (Å²) in [4.78, 5) is 12.5. The van der Waals surface area contributed by atoms with Gasteiger partial charge in [0.1, 0.15) is 5.75 Å². The number of methoxy groups -OCH3 is 1. The summed E-state index contributed by atoms with van der Waals surface area (Å²) in [7, 11) is -0.858. The Morgan fingerprint density at radius 3 is 2.41 bits per heavy atom. The maximum atomic E-state index is 12.9. The molecular weight excluding hydrogens is 388 g/mol. The molecule has 146 valence electrons. The standard InChI is InChI=1S/C19H23ClN2O4S/c1-5-13(2)21-19(23)17-12-14(6-11-18(17)20)22(3)27(24,25)16-9-7-15(26-4)8-10-16/h6-13H,5H2,1-4H3,(H,21,23)/t13-/m1/s1. The van der Waals surface area contributed by atoms with Crippen molar-refractivity contribution in [2.45, 2.75) is 31.2 Å². The van der Waals surface area contributed by atoms with Crippen LogP contribution in [0.4, 0.5) is 5.69 Å². The number of halogens is 1. The van der Waals surface area contributed by atoms with E-state index in [9.17, 15) is 13.2 Å². The van der Waals surface area contributed by atoms with E-state index in [0.29, 0.717) is 11.4 Å². The zero-order valence-electron chi connectivity index (χ0n) is 15.7. The molecule has 0 fully saturated rings. The lowest BCUT2D eigenvalue weighted by molar-refractivity contribution is 0.0939. The summed E-state index contributed by atoms with van der Waals surface area (Å²) >= 11 is 6.14. The van der Waals surface area contributed by atoms with Crippen LogP contribution in [0.15, 0.2) is 47.4 Å². The van der Waals surface area contributed by atoms with Crippen molar-refractivity contribution in [3.63, 3.8) is 0 Å². The molecule has 0 bridgehead atoms. The van der Waals surface area contributed by atoms with E-state index < -0.39 is 10.0 Å². The minimum Gasteiger partial charge on any atom is -0.497 e. The topological polar surface area (TPSA) is 75.7 Å². The summed E-state index contributed by atoms with van der Waals surface area (Å²) in [5, 5.41) is 3.09. The molecule has 8 heteroatoms. The van der Waals surface area contributed by atoms with Gasteiger partial charge >= 0.3 is 0 Å². The highest BCUT2D eigenvalue weighted by atomic mass is 35.5. The highest BCUT2D eigenvalue weighted by Gasteiger charge is 2.23. The van der Waals surface area contributed by atoms with Gasteiger partial charge in [0.25, 0.3) is 15.9 Å². The van der Waals surface area contributed by atoms with Crippen molar-refractivity contribution >= 4 is 33.2 Å². The van der Waals surface area contributed by atoms with Crippen LogP contribution in [0.5, 0.6) is 5.75 Å². The molecule has 1 atom stereocenters. The van der Waals surface area contributed by atoms with Gasteiger partial charge in [0.2, 0.25) is 0 Å². The first-order valence-corrected chi connectivity index (χ1v) is 10.3. The number of nitrogens with zero attached hydrogens (tertiary/aromatic N) is 1. The molecule has 0 saturated carbocycles. The molecule has 1 N–H and O–H groups in total. The minimum atomic E-state index is -3.80. The number of benzene rings is 2. The summed E-state index contributed by atoms with van der Waals surface area (Å²) < 4.78 is 31.9. The second-order valence-corrected chi connectivity index (χ2v) is 8.47. The predicted molar refractivity (Wildman–Crippen MR) is 107 cm³/mol. The Kier molecular flexibility index (Phi) is 6.73. The highest BCUT2D eigenvalue weighted by Crippen LogP contribution is 2.27. The van der Waals surface area contributed by atoms with Crippen molar-refractivity contribution < 1.29 is 17.9 Å². The van der Waals surface area contributed by atoms with Crippen molar-refractivity contribution in [3.05, 3.63) is 53.1 Å². The Morgan fingerprint density at radius 1 is 1.22 bits per heavy atom. The molecule has 0 unspecified atom stereocenters. The second-order valence-electron chi connectivity index (χ2n) is 6.09. The Hall–Kier alpha value is -2.25. The summed E-state index contributed by atoms with van der Waals surface area (Å²) in [6, 6.07) is 10.6. The Morgan fingerprint density at radius 2 is 1.85 bits per heavy atom. The van der Waals surface area contributed by atoms with E-state index in [-0.39, 0.29) is 27.4 Å². The first-order chi connectivity index (χ1) is 12.7. The van der Waals surface area contributed by atoms with Gasteiger partial charge in [-0.15, -0.1) is 0 Å². The largest absolute Gasteiger partial charge is 0.497 e. The molecule has 0 spiro atoms. The molecular formula is C19H23ClN2O4S. The fourth-order valence-electron chi connectivity index (χ4n) is 2.33. The van der Waals surface area contributed by atoms with Crippen molar-refractivity contribution in [2.75, 3.05) is 18.5 Å². The quantitative estimate of drug-likeness (QED) is 0.755. The van der Waals surface area contributed by atoms with Crippen molar-refractivity contribution in [1.29, 1.82) is 0 Å². The van der Waals surface area contributed by atoms with Gasteiger partial charge in [-0.05, 0) is 55.8 Å². The van der Waals surface area contributed by atoms with Crippen LogP contribution in [0, 0.1) is 0 Å². The molecule has 0 saturated heterocycles. The van der Waals surface area contributed by atoms with Crippen LogP contribution in [-0.2, 0) is 10.0 Å². The van der Waals surface area contributed by atoms with E-state index in [1.54, 1.807) is 18.2 Å². The fourth-order valence-corrected chi connectivity index (χ4v) is 3.72. The summed E-state index contributed by atoms with van der Waals surface area (Å²) in [5.74, 6) is 0.221. The third-order valence-corrected chi connectivity index (χ3v) is 6.40. The van der Waals surface area contributed by atoms with Crippen LogP contribution < -0.4 is 14.4 Å². The number of carbonyl (C=O) groups excluding carboxylic acids is 1. The molecule has 2 rings (SSSR count). The Bertz CT molecular complexity index is 914. The second kappa shape index (κ2) is 8.63. The van der Waals surface area contributed by atoms with E-state index in [1.165, 1.54) is 38.4 Å². The van der Waals surface area contributed by atoms with E-state index in [4.69, 9.17) is 16.3 Å². The summed E-state index contributed by atoms with van der Waals surface area (Å²) in [5.41, 5.74) is 0.566. The average molecular weight is 411 g/mol. The summed E-state index contributed by atoms with van der Waals surface area (Å²) in [6.07, 6.45) is 0.773. The zero-order valence-corrected chi connectivity index (χ0v) is 17.3. The first-order valence-electron chi connectivity index (χ1n) is 8.44. The number of carbonyl (C=O) groups is 1. The van der Waals surface area contributed by atoms with Crippen molar-refractivity contribution in [3.8, 4) is 5.75 Å². The van der Waals surface area contributed by atoms with Crippen LogP contribution >= 0.6 is 11.6 Å². The number of sulfonamides is 1. The third kappa shape index (κ3) is 4.73. The van der Waals surface area contributed by atoms with Crippen LogP contribution in [0.3, 0.4) is 0 Å². The molecule has 0 radical (unpaired) electrons. The molecule has 0 aliphatic rings. The Labute approximate surface area is 165 Å². The first kappa shape index (κ1) is 21.1. The lowest BCUT2D eigenvalue weighted by Gasteiger charge is -2.21. The van der Waals surface area contributed by atoms with E-state index in [1.807, 2.05) is 13.8 Å². The number of hydrogen-bond acceptors (Lipinski definition) is 4. The van der Waals surface area contributed by atoms with Gasteiger partial charge in [-0.3, -0.25) is 9.10 Å². The molecule has 2 aromatic carbocycles. The van der Waals surface area contributed by atoms with Gasteiger partial charge < -0.3 is 10.1 Å². The van der Waals surface area contributed by atoms with Crippen molar-refractivity contribution in [2.24, 2.45) is 0 Å². The normalized spacial score (nSPS) is 12.3. The minimum absolute atomic E-state index is 0.0158. The van der Waals surface area contributed by atoms with Gasteiger partial charge in [0, 0.05) is 13.1 Å². The number of amides is 1. The number of anilines is 1. The van der Waals surface area contributed by atoms with Crippen molar-refractivity contribution in [1.82, 2.24) is 5.32 Å². The highest BCUT2D eigenvalue weighted by molar-refractivity contribution is 7.92. The lowest BCUT2D eigenvalue weighted by Crippen LogP contribution is -2.32. The SMILES string of the molecule is CC[C@@H](C)NC(=O)c1cc(N(C)S(=O)(=O)c2ccc(OC)cc2)ccc1Cl. The molecule has 0 aromatic heterocycles. The van der Waals surface area contributed by atoms with Gasteiger partial charge in [-0.25, -0.2) is 8.42 Å². The number of ether oxygens (including phenoxy) is 1. The maximum absolute atomic E-state index is 12.9. The number of rotatable bonds is 7. The molecule has 0 heterocycles. The molecule has 27 heavy (non-hydrogen) atoms. The van der Waals surface area contributed by atoms with Crippen LogP contribution in [0.1, 0.15) is 30.6 Å². The van der Waals surface area contributed by atoms with Gasteiger partial charge in [0.05, 0.1) is 28.3 Å². The number of hydrogen-bond donors (Lipinski definition) is 1. The monoisotopic (exact) mass is 410 g/mol. The molecule has 2 aromatic rings. The average Bonchev–Trinajstić information content (AvgIpc) is 2.67. The van der Waals surface area contributed by atoms with Crippen LogP contribution in [0.25, 0.3) is 0 Å². The zero-order chi connectivity index (χ0) is 20.2. The van der Waals surface area contributed by atoms with E-state index in [0.717, 1.165) is 10.7 Å². The Balaban J connectivity index is 2.36. The molecule has 6 nitrogen and oxygen atoms in total. The van der Waals surface area contributed by atoms with Crippen LogP contribution in [-0.4, -0.2) is 34.5 Å². The molecule has 0 aliphatic carbocycles. The van der Waals surface area contributed by atoms with Gasteiger partial charge in [-0.2, -0.15) is 0 Å². The van der Waals surface area contributed by atoms with E-state index >= 15 is 0 Å². The van der Waals surface area contributed by atoms with Crippen LogP contribution in [0.2, 0.25) is 5.02 Å². The predicted octanol–water partition coefficient (Wildman–Crippen LogP) is 3.70. The number of nitrogens with one attached hydrogen (secondary N) is 1. The molecule has 1 amide bonds. The summed E-state index contributed by atoms with van der Waals surface area (Å²) in [6.45, 7) is 3.84. The van der Waals surface area contributed by atoms with E-state index in [2.05, 4.69) is 5.32 Å². The molecule has 0 aliphatic heterocycles. The maximum Gasteiger partial charge on any atom is 0.264 e. The third-order valence-electron chi connectivity index (χ3n) is 4.27. The lowest BCUT2D eigenvalue weighted by atomic mass is 10.1. The van der Waals surface area contributed by atoms with Gasteiger partial charge in [0.15, 0.2) is 0 Å². The van der Waals surface area contributed by atoms with Gasteiger partial charge in [-0.1, -0.05) is 18.5 Å².